The molecule has 1 aliphatic heterocycles. The van der Waals surface area contributed by atoms with Gasteiger partial charge in [-0.2, -0.15) is 0 Å². The van der Waals surface area contributed by atoms with Crippen molar-refractivity contribution in [2.24, 2.45) is 5.92 Å². The maximum absolute atomic E-state index is 3.49. The normalized spacial score (nSPS) is 25.6. The first-order valence-corrected chi connectivity index (χ1v) is 6.54. The fraction of sp³-hybridized carbons (Fsp3) is 1.00. The summed E-state index contributed by atoms with van der Waals surface area (Å²) in [6, 6.07) is 1.53. The van der Waals surface area contributed by atoms with E-state index in [0.29, 0.717) is 0 Å². The van der Waals surface area contributed by atoms with Gasteiger partial charge >= 0.3 is 0 Å². The van der Waals surface area contributed by atoms with Crippen LogP contribution in [0.4, 0.5) is 0 Å². The Morgan fingerprint density at radius 2 is 1.93 bits per heavy atom. The van der Waals surface area contributed by atoms with Crippen LogP contribution in [0.3, 0.4) is 0 Å². The van der Waals surface area contributed by atoms with Crippen LogP contribution in [0, 0.1) is 5.92 Å². The molecule has 1 rings (SSSR count). The second kappa shape index (κ2) is 6.49. The first kappa shape index (κ1) is 13.0. The molecule has 2 nitrogen and oxygen atoms in total. The Bertz CT molecular complexity index is 160. The molecule has 0 aromatic carbocycles. The minimum Gasteiger partial charge on any atom is -0.317 e. The summed E-state index contributed by atoms with van der Waals surface area (Å²) in [5.41, 5.74) is 0. The number of hydrogen-bond donors (Lipinski definition) is 1. The third-order valence-electron chi connectivity index (χ3n) is 3.63. The van der Waals surface area contributed by atoms with Crippen molar-refractivity contribution in [3.05, 3.63) is 0 Å². The molecule has 0 aromatic rings. The van der Waals surface area contributed by atoms with Crippen LogP contribution in [0.2, 0.25) is 0 Å². The number of rotatable bonds is 4. The zero-order valence-corrected chi connectivity index (χ0v) is 10.9. The average Bonchev–Trinajstić information content (AvgIpc) is 2.43. The summed E-state index contributed by atoms with van der Waals surface area (Å²) in [5.74, 6) is 0.811. The Morgan fingerprint density at radius 3 is 2.60 bits per heavy atom. The quantitative estimate of drug-likeness (QED) is 0.770. The smallest absolute Gasteiger partial charge is 0.0108 e. The van der Waals surface area contributed by atoms with Gasteiger partial charge < -0.3 is 10.2 Å². The summed E-state index contributed by atoms with van der Waals surface area (Å²) in [6.07, 6.45) is 5.34. The van der Waals surface area contributed by atoms with E-state index in [1.54, 1.807) is 0 Å². The van der Waals surface area contributed by atoms with Crippen LogP contribution >= 0.6 is 0 Å². The van der Waals surface area contributed by atoms with Crippen molar-refractivity contribution in [1.82, 2.24) is 10.2 Å². The van der Waals surface area contributed by atoms with E-state index in [1.807, 2.05) is 0 Å². The van der Waals surface area contributed by atoms with Crippen molar-refractivity contribution >= 4 is 0 Å². The van der Waals surface area contributed by atoms with Gasteiger partial charge in [-0.1, -0.05) is 13.8 Å². The topological polar surface area (TPSA) is 15.3 Å². The molecule has 1 N–H and O–H groups in total. The van der Waals surface area contributed by atoms with E-state index in [9.17, 15) is 0 Å². The standard InChI is InChI=1S/C13H28N2/c1-11(2)10-12(3)15(4)13-6-5-8-14-9-7-13/h11-14H,5-10H2,1-4H3. The lowest BCUT2D eigenvalue weighted by molar-refractivity contribution is 0.153. The van der Waals surface area contributed by atoms with Crippen LogP contribution in [0.25, 0.3) is 0 Å². The van der Waals surface area contributed by atoms with Crippen molar-refractivity contribution in [3.8, 4) is 0 Å². The highest BCUT2D eigenvalue weighted by Crippen LogP contribution is 2.18. The molecule has 0 amide bonds. The highest BCUT2D eigenvalue weighted by atomic mass is 15.2. The minimum absolute atomic E-state index is 0.730. The number of hydrogen-bond acceptors (Lipinski definition) is 2. The van der Waals surface area contributed by atoms with E-state index in [4.69, 9.17) is 0 Å². The van der Waals surface area contributed by atoms with Gasteiger partial charge in [-0.3, -0.25) is 0 Å². The van der Waals surface area contributed by atoms with Crippen molar-refractivity contribution in [3.63, 3.8) is 0 Å². The molecule has 0 aromatic heterocycles. The Morgan fingerprint density at radius 1 is 1.20 bits per heavy atom. The third-order valence-corrected chi connectivity index (χ3v) is 3.63. The van der Waals surface area contributed by atoms with E-state index in [0.717, 1.165) is 18.0 Å². The maximum Gasteiger partial charge on any atom is 0.0108 e. The molecule has 15 heavy (non-hydrogen) atoms. The monoisotopic (exact) mass is 212 g/mol. The Labute approximate surface area is 95.4 Å². The molecular weight excluding hydrogens is 184 g/mol. The van der Waals surface area contributed by atoms with E-state index in [1.165, 1.54) is 38.8 Å². The van der Waals surface area contributed by atoms with E-state index >= 15 is 0 Å². The molecule has 0 bridgehead atoms. The molecule has 0 aliphatic carbocycles. The lowest BCUT2D eigenvalue weighted by atomic mass is 10.0. The van der Waals surface area contributed by atoms with Crippen LogP contribution in [0.1, 0.15) is 46.5 Å². The molecule has 2 atom stereocenters. The number of nitrogens with one attached hydrogen (secondary N) is 1. The summed E-state index contributed by atoms with van der Waals surface area (Å²) >= 11 is 0. The van der Waals surface area contributed by atoms with E-state index in [-0.39, 0.29) is 0 Å². The lowest BCUT2D eigenvalue weighted by Gasteiger charge is -2.33. The van der Waals surface area contributed by atoms with Gasteiger partial charge in [-0.25, -0.2) is 0 Å². The Balaban J connectivity index is 2.38. The largest absolute Gasteiger partial charge is 0.317 e. The fourth-order valence-corrected chi connectivity index (χ4v) is 2.62. The molecule has 0 spiro atoms. The Kier molecular flexibility index (Phi) is 5.62. The molecule has 2 unspecified atom stereocenters. The van der Waals surface area contributed by atoms with Crippen molar-refractivity contribution in [2.75, 3.05) is 20.1 Å². The molecule has 1 heterocycles. The van der Waals surface area contributed by atoms with Crippen LogP contribution in [0.15, 0.2) is 0 Å². The molecule has 90 valence electrons. The van der Waals surface area contributed by atoms with Gasteiger partial charge in [0.25, 0.3) is 0 Å². The van der Waals surface area contributed by atoms with Crippen molar-refractivity contribution in [2.45, 2.75) is 58.5 Å². The second-order valence-electron chi connectivity index (χ2n) is 5.48. The summed E-state index contributed by atoms with van der Waals surface area (Å²) < 4.78 is 0. The fourth-order valence-electron chi connectivity index (χ4n) is 2.62. The highest BCUT2D eigenvalue weighted by molar-refractivity contribution is 4.77. The van der Waals surface area contributed by atoms with Crippen molar-refractivity contribution in [1.29, 1.82) is 0 Å². The second-order valence-corrected chi connectivity index (χ2v) is 5.48. The van der Waals surface area contributed by atoms with E-state index < -0.39 is 0 Å². The van der Waals surface area contributed by atoms with Crippen LogP contribution < -0.4 is 5.32 Å². The highest BCUT2D eigenvalue weighted by Gasteiger charge is 2.21. The molecular formula is C13H28N2. The molecule has 1 aliphatic rings. The van der Waals surface area contributed by atoms with Crippen LogP contribution in [0.5, 0.6) is 0 Å². The molecule has 1 fully saturated rings. The Hall–Kier alpha value is -0.0800. The van der Waals surface area contributed by atoms with Gasteiger partial charge in [0, 0.05) is 12.1 Å². The van der Waals surface area contributed by atoms with Gasteiger partial charge in [0.1, 0.15) is 0 Å². The first-order chi connectivity index (χ1) is 7.11. The van der Waals surface area contributed by atoms with Crippen LogP contribution in [-0.4, -0.2) is 37.1 Å². The molecule has 0 saturated carbocycles. The predicted octanol–water partition coefficient (Wildman–Crippen LogP) is 2.49. The van der Waals surface area contributed by atoms with Gasteiger partial charge in [-0.05, 0) is 58.7 Å². The van der Waals surface area contributed by atoms with E-state index in [2.05, 4.69) is 38.0 Å². The van der Waals surface area contributed by atoms with Gasteiger partial charge in [0.15, 0.2) is 0 Å². The summed E-state index contributed by atoms with van der Waals surface area (Å²) in [6.45, 7) is 9.42. The molecule has 0 radical (unpaired) electrons. The summed E-state index contributed by atoms with van der Waals surface area (Å²) in [7, 11) is 2.31. The lowest BCUT2D eigenvalue weighted by Crippen LogP contribution is -2.39. The number of nitrogens with zero attached hydrogens (tertiary/aromatic N) is 1. The van der Waals surface area contributed by atoms with Gasteiger partial charge in [-0.15, -0.1) is 0 Å². The zero-order chi connectivity index (χ0) is 11.3. The maximum atomic E-state index is 3.49. The van der Waals surface area contributed by atoms with Gasteiger partial charge in [0.2, 0.25) is 0 Å². The summed E-state index contributed by atoms with van der Waals surface area (Å²) in [4.78, 5) is 2.60. The average molecular weight is 212 g/mol. The first-order valence-electron chi connectivity index (χ1n) is 6.54. The van der Waals surface area contributed by atoms with Crippen LogP contribution in [-0.2, 0) is 0 Å². The predicted molar refractivity (Wildman–Crippen MR) is 67.2 cm³/mol. The SMILES string of the molecule is CC(C)CC(C)N(C)C1CCCNCC1. The van der Waals surface area contributed by atoms with Crippen molar-refractivity contribution < 1.29 is 0 Å². The minimum atomic E-state index is 0.730. The molecule has 2 heteroatoms. The van der Waals surface area contributed by atoms with Gasteiger partial charge in [0.05, 0.1) is 0 Å². The summed E-state index contributed by atoms with van der Waals surface area (Å²) in [5, 5.41) is 3.49. The molecule has 1 saturated heterocycles. The zero-order valence-electron chi connectivity index (χ0n) is 10.9. The third kappa shape index (κ3) is 4.52.